The Morgan fingerprint density at radius 2 is 1.82 bits per heavy atom. The van der Waals surface area contributed by atoms with Crippen molar-refractivity contribution in [1.29, 1.82) is 0 Å². The van der Waals surface area contributed by atoms with Crippen molar-refractivity contribution in [1.82, 2.24) is 29.7 Å². The number of aromatic nitrogens is 6. The Hall–Kier alpha value is -2.51. The van der Waals surface area contributed by atoms with Gasteiger partial charge in [-0.15, -0.1) is 0 Å². The normalized spacial score (nSPS) is 11.3. The SMILES string of the molecule is Cc1nc(NCCCn2nc(C)nc2C)c2nc(C)oc2n1. The molecule has 0 bridgehead atoms. The quantitative estimate of drug-likeness (QED) is 0.719. The van der Waals surface area contributed by atoms with Crippen LogP contribution in [0.3, 0.4) is 0 Å². The molecule has 0 unspecified atom stereocenters. The fourth-order valence-corrected chi connectivity index (χ4v) is 2.37. The van der Waals surface area contributed by atoms with Crippen LogP contribution in [-0.2, 0) is 6.54 Å². The molecule has 0 saturated carbocycles. The summed E-state index contributed by atoms with van der Waals surface area (Å²) in [6.45, 7) is 9.07. The standard InChI is InChI=1S/C14H19N7O/c1-8-17-13(12-14(18-8)22-11(4)19-12)15-6-5-7-21-10(3)16-9(2)20-21/h5-7H2,1-4H3,(H,15,17,18). The Balaban J connectivity index is 1.65. The van der Waals surface area contributed by atoms with Crippen molar-refractivity contribution in [3.8, 4) is 0 Å². The summed E-state index contributed by atoms with van der Waals surface area (Å²) in [4.78, 5) is 17.3. The molecule has 116 valence electrons. The van der Waals surface area contributed by atoms with Gasteiger partial charge in [-0.1, -0.05) is 0 Å². The lowest BCUT2D eigenvalue weighted by atomic mass is 10.4. The highest BCUT2D eigenvalue weighted by Crippen LogP contribution is 2.20. The zero-order valence-electron chi connectivity index (χ0n) is 13.2. The molecule has 0 aliphatic heterocycles. The molecular formula is C14H19N7O. The van der Waals surface area contributed by atoms with Crippen LogP contribution in [-0.4, -0.2) is 36.3 Å². The fourth-order valence-electron chi connectivity index (χ4n) is 2.37. The van der Waals surface area contributed by atoms with Crippen molar-refractivity contribution >= 4 is 17.0 Å². The summed E-state index contributed by atoms with van der Waals surface area (Å²) >= 11 is 0. The van der Waals surface area contributed by atoms with Crippen molar-refractivity contribution in [2.24, 2.45) is 0 Å². The van der Waals surface area contributed by atoms with E-state index in [-0.39, 0.29) is 0 Å². The van der Waals surface area contributed by atoms with Crippen molar-refractivity contribution in [3.05, 3.63) is 23.4 Å². The van der Waals surface area contributed by atoms with Crippen LogP contribution >= 0.6 is 0 Å². The maximum Gasteiger partial charge on any atom is 0.252 e. The first-order valence-electron chi connectivity index (χ1n) is 7.26. The highest BCUT2D eigenvalue weighted by Gasteiger charge is 2.11. The number of nitrogens with one attached hydrogen (secondary N) is 1. The Kier molecular flexibility index (Phi) is 3.74. The molecule has 3 rings (SSSR count). The topological polar surface area (TPSA) is 94.6 Å². The molecule has 0 radical (unpaired) electrons. The molecule has 0 spiro atoms. The summed E-state index contributed by atoms with van der Waals surface area (Å²) in [6.07, 6.45) is 0.908. The molecule has 0 aliphatic carbocycles. The average Bonchev–Trinajstić information content (AvgIpc) is 2.96. The van der Waals surface area contributed by atoms with Gasteiger partial charge in [0.2, 0.25) is 0 Å². The van der Waals surface area contributed by atoms with Gasteiger partial charge >= 0.3 is 0 Å². The zero-order valence-corrected chi connectivity index (χ0v) is 13.2. The summed E-state index contributed by atoms with van der Waals surface area (Å²) < 4.78 is 7.37. The number of nitrogens with zero attached hydrogens (tertiary/aromatic N) is 6. The van der Waals surface area contributed by atoms with Crippen LogP contribution in [0.2, 0.25) is 0 Å². The van der Waals surface area contributed by atoms with E-state index in [1.165, 1.54) is 0 Å². The smallest absolute Gasteiger partial charge is 0.252 e. The van der Waals surface area contributed by atoms with Crippen LogP contribution in [0.25, 0.3) is 11.2 Å². The number of fused-ring (bicyclic) bond motifs is 1. The minimum atomic E-state index is 0.523. The van der Waals surface area contributed by atoms with Crippen LogP contribution in [0, 0.1) is 27.7 Å². The van der Waals surface area contributed by atoms with E-state index in [2.05, 4.69) is 30.4 Å². The first kappa shape index (κ1) is 14.4. The molecule has 3 heterocycles. The van der Waals surface area contributed by atoms with Gasteiger partial charge < -0.3 is 9.73 Å². The number of anilines is 1. The molecule has 3 aromatic rings. The molecule has 1 N–H and O–H groups in total. The van der Waals surface area contributed by atoms with E-state index in [9.17, 15) is 0 Å². The minimum Gasteiger partial charge on any atom is -0.422 e. The second-order valence-electron chi connectivity index (χ2n) is 5.22. The highest BCUT2D eigenvalue weighted by molar-refractivity contribution is 5.81. The molecule has 0 amide bonds. The molecular weight excluding hydrogens is 282 g/mol. The number of hydrogen-bond acceptors (Lipinski definition) is 7. The van der Waals surface area contributed by atoms with E-state index < -0.39 is 0 Å². The van der Waals surface area contributed by atoms with Crippen LogP contribution in [0.4, 0.5) is 5.82 Å². The summed E-state index contributed by atoms with van der Waals surface area (Å²) in [6, 6.07) is 0. The first-order chi connectivity index (χ1) is 10.5. The van der Waals surface area contributed by atoms with E-state index >= 15 is 0 Å². The Bertz CT molecular complexity index is 805. The minimum absolute atomic E-state index is 0.523. The van der Waals surface area contributed by atoms with Gasteiger partial charge in [0.15, 0.2) is 17.2 Å². The Morgan fingerprint density at radius 3 is 2.55 bits per heavy atom. The molecule has 0 saturated heterocycles. The molecule has 0 aromatic carbocycles. The summed E-state index contributed by atoms with van der Waals surface area (Å²) in [5, 5.41) is 7.65. The van der Waals surface area contributed by atoms with E-state index in [4.69, 9.17) is 4.42 Å². The van der Waals surface area contributed by atoms with Crippen molar-refractivity contribution in [3.63, 3.8) is 0 Å². The van der Waals surface area contributed by atoms with Crippen molar-refractivity contribution in [2.75, 3.05) is 11.9 Å². The van der Waals surface area contributed by atoms with Crippen LogP contribution in [0.5, 0.6) is 0 Å². The molecule has 8 nitrogen and oxygen atoms in total. The van der Waals surface area contributed by atoms with Crippen LogP contribution in [0.1, 0.15) is 29.8 Å². The van der Waals surface area contributed by atoms with Crippen molar-refractivity contribution < 1.29 is 4.42 Å². The third-order valence-corrected chi connectivity index (χ3v) is 3.28. The Labute approximate surface area is 128 Å². The number of aryl methyl sites for hydroxylation is 5. The third kappa shape index (κ3) is 2.90. The monoisotopic (exact) mass is 301 g/mol. The molecule has 0 fully saturated rings. The van der Waals surface area contributed by atoms with Crippen molar-refractivity contribution in [2.45, 2.75) is 40.7 Å². The Morgan fingerprint density at radius 1 is 1.00 bits per heavy atom. The highest BCUT2D eigenvalue weighted by atomic mass is 16.4. The molecule has 3 aromatic heterocycles. The number of oxazole rings is 1. The number of hydrogen-bond donors (Lipinski definition) is 1. The first-order valence-corrected chi connectivity index (χ1v) is 7.26. The maximum absolute atomic E-state index is 5.46. The van der Waals surface area contributed by atoms with Gasteiger partial charge in [0.25, 0.3) is 5.71 Å². The zero-order chi connectivity index (χ0) is 15.7. The largest absolute Gasteiger partial charge is 0.422 e. The van der Waals surface area contributed by atoms with E-state index in [1.807, 2.05) is 25.5 Å². The van der Waals surface area contributed by atoms with E-state index in [1.54, 1.807) is 6.92 Å². The van der Waals surface area contributed by atoms with Gasteiger partial charge in [0.1, 0.15) is 17.5 Å². The fraction of sp³-hybridized carbons (Fsp3) is 0.500. The molecule has 0 atom stereocenters. The second kappa shape index (κ2) is 5.70. The summed E-state index contributed by atoms with van der Waals surface area (Å²) in [5.41, 5.74) is 1.20. The third-order valence-electron chi connectivity index (χ3n) is 3.28. The van der Waals surface area contributed by atoms with Gasteiger partial charge in [-0.25, -0.2) is 15.0 Å². The predicted octanol–water partition coefficient (Wildman–Crippen LogP) is 1.95. The molecule has 8 heteroatoms. The van der Waals surface area contributed by atoms with Crippen LogP contribution in [0.15, 0.2) is 4.42 Å². The van der Waals surface area contributed by atoms with E-state index in [0.29, 0.717) is 28.8 Å². The lowest BCUT2D eigenvalue weighted by Gasteiger charge is -2.07. The van der Waals surface area contributed by atoms with Gasteiger partial charge in [-0.05, 0) is 27.2 Å². The maximum atomic E-state index is 5.46. The van der Waals surface area contributed by atoms with Gasteiger partial charge in [-0.3, -0.25) is 4.68 Å². The average molecular weight is 301 g/mol. The summed E-state index contributed by atoms with van der Waals surface area (Å²) in [5.74, 6) is 3.70. The van der Waals surface area contributed by atoms with Gasteiger partial charge in [0, 0.05) is 20.0 Å². The van der Waals surface area contributed by atoms with Gasteiger partial charge in [0.05, 0.1) is 0 Å². The second-order valence-corrected chi connectivity index (χ2v) is 5.22. The molecule has 22 heavy (non-hydrogen) atoms. The lowest BCUT2D eigenvalue weighted by Crippen LogP contribution is -2.10. The van der Waals surface area contributed by atoms with Crippen LogP contribution < -0.4 is 5.32 Å². The van der Waals surface area contributed by atoms with E-state index in [0.717, 1.165) is 31.2 Å². The summed E-state index contributed by atoms with van der Waals surface area (Å²) in [7, 11) is 0. The molecule has 0 aliphatic rings. The number of rotatable bonds is 5. The predicted molar refractivity (Wildman–Crippen MR) is 81.7 cm³/mol. The lowest BCUT2D eigenvalue weighted by molar-refractivity contribution is 0.550. The van der Waals surface area contributed by atoms with Gasteiger partial charge in [-0.2, -0.15) is 10.1 Å².